The molecule has 8 nitrogen and oxygen atoms in total. The molecule has 1 atom stereocenters. The van der Waals surface area contributed by atoms with E-state index in [0.29, 0.717) is 6.54 Å². The lowest BCUT2D eigenvalue weighted by molar-refractivity contribution is 0.146. The van der Waals surface area contributed by atoms with Gasteiger partial charge in [0.1, 0.15) is 12.1 Å². The largest absolute Gasteiger partial charge is 0.468 e. The van der Waals surface area contributed by atoms with Gasteiger partial charge in [0.25, 0.3) is 0 Å². The number of rotatable bonds is 7. The molecule has 1 saturated heterocycles. The Kier molecular flexibility index (Phi) is 6.76. The molecule has 0 aliphatic carbocycles. The Labute approximate surface area is 177 Å². The molecule has 0 amide bonds. The third kappa shape index (κ3) is 4.88. The molecule has 158 valence electrons. The van der Waals surface area contributed by atoms with Gasteiger partial charge >= 0.3 is 0 Å². The van der Waals surface area contributed by atoms with Crippen molar-refractivity contribution in [1.29, 1.82) is 0 Å². The first kappa shape index (κ1) is 20.2. The summed E-state index contributed by atoms with van der Waals surface area (Å²) in [6, 6.07) is 14.3. The molecule has 3 heterocycles. The van der Waals surface area contributed by atoms with Crippen LogP contribution in [0, 0.1) is 0 Å². The predicted molar refractivity (Wildman–Crippen MR) is 116 cm³/mol. The smallest absolute Gasteiger partial charge is 0.191 e. The van der Waals surface area contributed by atoms with E-state index in [9.17, 15) is 0 Å². The Morgan fingerprint density at radius 1 is 1.10 bits per heavy atom. The number of hydrogen-bond acceptors (Lipinski definition) is 5. The van der Waals surface area contributed by atoms with Gasteiger partial charge in [0.2, 0.25) is 0 Å². The number of furan rings is 1. The van der Waals surface area contributed by atoms with E-state index in [1.807, 2.05) is 41.0 Å². The molecule has 2 N–H and O–H groups in total. The first-order valence-corrected chi connectivity index (χ1v) is 10.5. The Hall–Kier alpha value is -3.13. The standard InChI is InChI=1S/C22H29N7O/c1-23-22(25-16-21-27-26-17-29(21)18-9-4-2-5-10-18)24-15-19(20-11-8-14-30-20)28-12-6-3-7-13-28/h2,4-5,8-11,14,17,19H,3,6-7,12-13,15-16H2,1H3,(H2,23,24,25). The van der Waals surface area contributed by atoms with Gasteiger partial charge in [-0.15, -0.1) is 10.2 Å². The number of nitrogens with one attached hydrogen (secondary N) is 2. The summed E-state index contributed by atoms with van der Waals surface area (Å²) in [7, 11) is 1.78. The molecular weight excluding hydrogens is 378 g/mol. The molecule has 1 aliphatic rings. The summed E-state index contributed by atoms with van der Waals surface area (Å²) in [6.07, 6.45) is 7.25. The number of guanidine groups is 1. The summed E-state index contributed by atoms with van der Waals surface area (Å²) in [6.45, 7) is 3.43. The summed E-state index contributed by atoms with van der Waals surface area (Å²) in [5, 5.41) is 15.1. The lowest BCUT2D eigenvalue weighted by atomic mass is 10.1. The van der Waals surface area contributed by atoms with Crippen LogP contribution in [0.3, 0.4) is 0 Å². The minimum absolute atomic E-state index is 0.187. The van der Waals surface area contributed by atoms with Crippen LogP contribution in [0.5, 0.6) is 0 Å². The average Bonchev–Trinajstić information content (AvgIpc) is 3.50. The van der Waals surface area contributed by atoms with E-state index < -0.39 is 0 Å². The van der Waals surface area contributed by atoms with E-state index >= 15 is 0 Å². The van der Waals surface area contributed by atoms with Gasteiger partial charge in [-0.25, -0.2) is 0 Å². The number of aliphatic imine (C=N–C) groups is 1. The number of piperidine rings is 1. The second-order valence-corrected chi connectivity index (χ2v) is 7.39. The number of hydrogen-bond donors (Lipinski definition) is 2. The maximum absolute atomic E-state index is 5.73. The van der Waals surface area contributed by atoms with Gasteiger partial charge in [0.15, 0.2) is 11.8 Å². The molecule has 3 aromatic rings. The number of benzene rings is 1. The third-order valence-corrected chi connectivity index (χ3v) is 5.46. The van der Waals surface area contributed by atoms with Crippen molar-refractivity contribution in [2.75, 3.05) is 26.7 Å². The minimum atomic E-state index is 0.187. The quantitative estimate of drug-likeness (QED) is 0.463. The zero-order chi connectivity index (χ0) is 20.6. The van der Waals surface area contributed by atoms with Crippen LogP contribution in [0.25, 0.3) is 5.69 Å². The maximum atomic E-state index is 5.73. The van der Waals surface area contributed by atoms with E-state index in [0.717, 1.165) is 42.9 Å². The highest BCUT2D eigenvalue weighted by Gasteiger charge is 2.24. The number of para-hydroxylation sites is 1. The lowest BCUT2D eigenvalue weighted by Gasteiger charge is -2.33. The molecule has 0 saturated carbocycles. The van der Waals surface area contributed by atoms with E-state index in [1.165, 1.54) is 19.3 Å². The fourth-order valence-electron chi connectivity index (χ4n) is 3.88. The van der Waals surface area contributed by atoms with Gasteiger partial charge in [-0.05, 0) is 50.2 Å². The summed E-state index contributed by atoms with van der Waals surface area (Å²) < 4.78 is 7.71. The summed E-state index contributed by atoms with van der Waals surface area (Å²) in [5.41, 5.74) is 1.03. The zero-order valence-corrected chi connectivity index (χ0v) is 17.4. The van der Waals surface area contributed by atoms with Crippen LogP contribution in [0.15, 0.2) is 64.5 Å². The number of aromatic nitrogens is 3. The highest BCUT2D eigenvalue weighted by Crippen LogP contribution is 2.24. The van der Waals surface area contributed by atoms with Gasteiger partial charge in [0.05, 0.1) is 18.8 Å². The first-order chi connectivity index (χ1) is 14.8. The Bertz CT molecular complexity index is 914. The normalized spacial score (nSPS) is 16.4. The van der Waals surface area contributed by atoms with E-state index in [-0.39, 0.29) is 6.04 Å². The monoisotopic (exact) mass is 407 g/mol. The van der Waals surface area contributed by atoms with Crippen molar-refractivity contribution in [3.05, 3.63) is 66.6 Å². The SMILES string of the molecule is CN=C(NCc1nncn1-c1ccccc1)NCC(c1ccco1)N1CCCCC1. The molecule has 0 bridgehead atoms. The summed E-state index contributed by atoms with van der Waals surface area (Å²) >= 11 is 0. The van der Waals surface area contributed by atoms with Crippen molar-refractivity contribution in [2.24, 2.45) is 4.99 Å². The van der Waals surface area contributed by atoms with Crippen LogP contribution in [-0.2, 0) is 6.54 Å². The van der Waals surface area contributed by atoms with E-state index in [2.05, 4.69) is 36.8 Å². The van der Waals surface area contributed by atoms with Crippen molar-refractivity contribution in [3.63, 3.8) is 0 Å². The van der Waals surface area contributed by atoms with Gasteiger partial charge in [-0.2, -0.15) is 0 Å². The fraction of sp³-hybridized carbons (Fsp3) is 0.409. The van der Waals surface area contributed by atoms with E-state index in [1.54, 1.807) is 19.6 Å². The summed E-state index contributed by atoms with van der Waals surface area (Å²) in [5.74, 6) is 2.54. The molecule has 0 radical (unpaired) electrons. The van der Waals surface area contributed by atoms with Crippen molar-refractivity contribution in [1.82, 2.24) is 30.3 Å². The third-order valence-electron chi connectivity index (χ3n) is 5.46. The Morgan fingerprint density at radius 3 is 2.67 bits per heavy atom. The molecule has 0 spiro atoms. The van der Waals surface area contributed by atoms with Crippen molar-refractivity contribution in [3.8, 4) is 5.69 Å². The fourth-order valence-corrected chi connectivity index (χ4v) is 3.88. The minimum Gasteiger partial charge on any atom is -0.468 e. The lowest BCUT2D eigenvalue weighted by Crippen LogP contribution is -2.44. The highest BCUT2D eigenvalue weighted by molar-refractivity contribution is 5.79. The Morgan fingerprint density at radius 2 is 1.93 bits per heavy atom. The molecular formula is C22H29N7O. The van der Waals surface area contributed by atoms with Crippen LogP contribution in [0.2, 0.25) is 0 Å². The molecule has 1 aliphatic heterocycles. The average molecular weight is 408 g/mol. The predicted octanol–water partition coefficient (Wildman–Crippen LogP) is 2.75. The zero-order valence-electron chi connectivity index (χ0n) is 17.4. The number of likely N-dealkylation sites (tertiary alicyclic amines) is 1. The van der Waals surface area contributed by atoms with Crippen LogP contribution in [0.4, 0.5) is 0 Å². The molecule has 4 rings (SSSR count). The second-order valence-electron chi connectivity index (χ2n) is 7.39. The molecule has 30 heavy (non-hydrogen) atoms. The van der Waals surface area contributed by atoms with Crippen molar-refractivity contribution >= 4 is 5.96 Å². The number of nitrogens with zero attached hydrogens (tertiary/aromatic N) is 5. The van der Waals surface area contributed by atoms with Crippen LogP contribution in [0.1, 0.15) is 36.9 Å². The topological polar surface area (TPSA) is 83.5 Å². The maximum Gasteiger partial charge on any atom is 0.191 e. The summed E-state index contributed by atoms with van der Waals surface area (Å²) in [4.78, 5) is 6.87. The van der Waals surface area contributed by atoms with Crippen molar-refractivity contribution in [2.45, 2.75) is 31.8 Å². The first-order valence-electron chi connectivity index (χ1n) is 10.5. The second kappa shape index (κ2) is 10.1. The molecule has 1 aromatic carbocycles. The van der Waals surface area contributed by atoms with Crippen LogP contribution >= 0.6 is 0 Å². The van der Waals surface area contributed by atoms with Gasteiger partial charge in [0, 0.05) is 19.3 Å². The van der Waals surface area contributed by atoms with Crippen LogP contribution < -0.4 is 10.6 Å². The van der Waals surface area contributed by atoms with Crippen molar-refractivity contribution < 1.29 is 4.42 Å². The van der Waals surface area contributed by atoms with E-state index in [4.69, 9.17) is 4.42 Å². The molecule has 1 unspecified atom stereocenters. The van der Waals surface area contributed by atoms with Crippen LogP contribution in [-0.4, -0.2) is 52.3 Å². The van der Waals surface area contributed by atoms with Gasteiger partial charge in [-0.3, -0.25) is 14.5 Å². The van der Waals surface area contributed by atoms with Gasteiger partial charge < -0.3 is 15.1 Å². The highest BCUT2D eigenvalue weighted by atomic mass is 16.3. The molecule has 1 fully saturated rings. The van der Waals surface area contributed by atoms with Gasteiger partial charge in [-0.1, -0.05) is 24.6 Å². The molecule has 8 heteroatoms. The Balaban J connectivity index is 1.37. The molecule has 2 aromatic heterocycles.